The molecule has 6 nitrogen and oxygen atoms in total. The van der Waals surface area contributed by atoms with Crippen molar-refractivity contribution in [3.63, 3.8) is 0 Å². The molecule has 1 aromatic heterocycles. The minimum atomic E-state index is -0.359. The summed E-state index contributed by atoms with van der Waals surface area (Å²) >= 11 is 0. The molecule has 0 aliphatic rings. The number of hydrogen-bond acceptors (Lipinski definition) is 4. The number of aromatic nitrogens is 2. The summed E-state index contributed by atoms with van der Waals surface area (Å²) in [5.74, 6) is -0.492. The SMILES string of the molecule is CCc1c(C(=O)NCCc2ccc(C(=O)OC)cc2)cnn1-c1ccc(C)cc1. The highest BCUT2D eigenvalue weighted by atomic mass is 16.5. The highest BCUT2D eigenvalue weighted by molar-refractivity contribution is 5.95. The summed E-state index contributed by atoms with van der Waals surface area (Å²) in [6, 6.07) is 15.2. The fourth-order valence-electron chi connectivity index (χ4n) is 3.15. The molecule has 0 spiro atoms. The maximum Gasteiger partial charge on any atom is 0.337 e. The fraction of sp³-hybridized carbons (Fsp3) is 0.261. The summed E-state index contributed by atoms with van der Waals surface area (Å²) in [5.41, 5.74) is 5.14. The molecule has 0 atom stereocenters. The van der Waals surface area contributed by atoms with Crippen LogP contribution in [-0.4, -0.2) is 35.3 Å². The summed E-state index contributed by atoms with van der Waals surface area (Å²) in [5, 5.41) is 7.38. The maximum atomic E-state index is 12.7. The quantitative estimate of drug-likeness (QED) is 0.626. The van der Waals surface area contributed by atoms with Crippen molar-refractivity contribution in [3.8, 4) is 5.69 Å². The van der Waals surface area contributed by atoms with Gasteiger partial charge in [-0.25, -0.2) is 9.48 Å². The van der Waals surface area contributed by atoms with Gasteiger partial charge in [0.1, 0.15) is 0 Å². The number of nitrogens with one attached hydrogen (secondary N) is 1. The second kappa shape index (κ2) is 9.19. The van der Waals surface area contributed by atoms with Gasteiger partial charge in [-0.05, 0) is 49.6 Å². The van der Waals surface area contributed by atoms with Gasteiger partial charge in [-0.15, -0.1) is 0 Å². The van der Waals surface area contributed by atoms with Gasteiger partial charge in [0.15, 0.2) is 0 Å². The molecule has 6 heteroatoms. The van der Waals surface area contributed by atoms with Crippen LogP contribution in [0.1, 0.15) is 44.5 Å². The number of esters is 1. The summed E-state index contributed by atoms with van der Waals surface area (Å²) in [7, 11) is 1.36. The first-order valence-electron chi connectivity index (χ1n) is 9.63. The molecule has 1 amide bonds. The predicted octanol–water partition coefficient (Wildman–Crippen LogP) is 3.50. The van der Waals surface area contributed by atoms with Gasteiger partial charge in [0.2, 0.25) is 0 Å². The van der Waals surface area contributed by atoms with Crippen LogP contribution in [0.3, 0.4) is 0 Å². The predicted molar refractivity (Wildman–Crippen MR) is 111 cm³/mol. The third kappa shape index (κ3) is 4.71. The molecule has 3 rings (SSSR count). The number of carbonyl (C=O) groups is 2. The van der Waals surface area contributed by atoms with Crippen LogP contribution in [0.4, 0.5) is 0 Å². The summed E-state index contributed by atoms with van der Waals surface area (Å²) in [4.78, 5) is 24.1. The van der Waals surface area contributed by atoms with Crippen molar-refractivity contribution in [1.29, 1.82) is 0 Å². The number of carbonyl (C=O) groups excluding carboxylic acids is 2. The van der Waals surface area contributed by atoms with E-state index >= 15 is 0 Å². The minimum Gasteiger partial charge on any atom is -0.465 e. The van der Waals surface area contributed by atoms with Gasteiger partial charge >= 0.3 is 5.97 Å². The van der Waals surface area contributed by atoms with Crippen molar-refractivity contribution in [2.75, 3.05) is 13.7 Å². The Morgan fingerprint density at radius 3 is 2.38 bits per heavy atom. The zero-order valence-corrected chi connectivity index (χ0v) is 16.9. The van der Waals surface area contributed by atoms with E-state index in [-0.39, 0.29) is 11.9 Å². The molecule has 0 bridgehead atoms. The minimum absolute atomic E-state index is 0.133. The molecule has 0 saturated heterocycles. The average Bonchev–Trinajstić information content (AvgIpc) is 3.18. The van der Waals surface area contributed by atoms with E-state index in [1.807, 2.05) is 54.9 Å². The number of amides is 1. The van der Waals surface area contributed by atoms with Gasteiger partial charge in [0, 0.05) is 6.54 Å². The number of methoxy groups -OCH3 is 1. The molecule has 2 aromatic carbocycles. The number of aryl methyl sites for hydroxylation is 1. The van der Waals surface area contributed by atoms with E-state index in [4.69, 9.17) is 4.74 Å². The molecular weight excluding hydrogens is 366 g/mol. The zero-order valence-electron chi connectivity index (χ0n) is 16.9. The van der Waals surface area contributed by atoms with Crippen molar-refractivity contribution in [2.24, 2.45) is 0 Å². The lowest BCUT2D eigenvalue weighted by atomic mass is 10.1. The summed E-state index contributed by atoms with van der Waals surface area (Å²) < 4.78 is 6.51. The largest absolute Gasteiger partial charge is 0.465 e. The van der Waals surface area contributed by atoms with Crippen LogP contribution in [0.5, 0.6) is 0 Å². The van der Waals surface area contributed by atoms with E-state index in [2.05, 4.69) is 10.4 Å². The van der Waals surface area contributed by atoms with Crippen LogP contribution < -0.4 is 5.32 Å². The van der Waals surface area contributed by atoms with E-state index < -0.39 is 0 Å². The second-order valence-corrected chi connectivity index (χ2v) is 6.80. The van der Waals surface area contributed by atoms with E-state index in [1.165, 1.54) is 12.7 Å². The van der Waals surface area contributed by atoms with E-state index in [0.29, 0.717) is 30.5 Å². The van der Waals surface area contributed by atoms with Crippen LogP contribution in [0, 0.1) is 6.92 Å². The first kappa shape index (κ1) is 20.3. The van der Waals surface area contributed by atoms with E-state index in [9.17, 15) is 9.59 Å². The number of nitrogens with zero attached hydrogens (tertiary/aromatic N) is 2. The molecule has 3 aromatic rings. The maximum absolute atomic E-state index is 12.7. The Balaban J connectivity index is 1.64. The molecule has 0 aliphatic carbocycles. The number of rotatable bonds is 7. The fourth-order valence-corrected chi connectivity index (χ4v) is 3.15. The Bertz CT molecular complexity index is 989. The lowest BCUT2D eigenvalue weighted by molar-refractivity contribution is 0.0600. The number of benzene rings is 2. The van der Waals surface area contributed by atoms with Crippen LogP contribution in [0.15, 0.2) is 54.7 Å². The third-order valence-electron chi connectivity index (χ3n) is 4.80. The van der Waals surface area contributed by atoms with Crippen molar-refractivity contribution in [1.82, 2.24) is 15.1 Å². The first-order valence-corrected chi connectivity index (χ1v) is 9.63. The second-order valence-electron chi connectivity index (χ2n) is 6.80. The van der Waals surface area contributed by atoms with Gasteiger partial charge in [0.25, 0.3) is 5.91 Å². The van der Waals surface area contributed by atoms with E-state index in [1.54, 1.807) is 18.3 Å². The molecule has 1 heterocycles. The van der Waals surface area contributed by atoms with Crippen LogP contribution >= 0.6 is 0 Å². The average molecular weight is 391 g/mol. The van der Waals surface area contributed by atoms with Crippen molar-refractivity contribution >= 4 is 11.9 Å². The zero-order chi connectivity index (χ0) is 20.8. The van der Waals surface area contributed by atoms with Gasteiger partial charge in [0.05, 0.1) is 35.8 Å². The highest BCUT2D eigenvalue weighted by Crippen LogP contribution is 2.16. The Kier molecular flexibility index (Phi) is 6.44. The Hall–Kier alpha value is -3.41. The molecule has 150 valence electrons. The first-order chi connectivity index (χ1) is 14.0. The van der Waals surface area contributed by atoms with Crippen molar-refractivity contribution < 1.29 is 14.3 Å². The van der Waals surface area contributed by atoms with E-state index in [0.717, 1.165) is 16.9 Å². The normalized spacial score (nSPS) is 10.6. The number of ether oxygens (including phenoxy) is 1. The van der Waals surface area contributed by atoms with Crippen LogP contribution in [0.2, 0.25) is 0 Å². The highest BCUT2D eigenvalue weighted by Gasteiger charge is 2.17. The molecule has 0 fully saturated rings. The summed E-state index contributed by atoms with van der Waals surface area (Å²) in [6.45, 7) is 4.55. The Labute approximate surface area is 170 Å². The summed E-state index contributed by atoms with van der Waals surface area (Å²) in [6.07, 6.45) is 2.99. The van der Waals surface area contributed by atoms with Crippen molar-refractivity contribution in [2.45, 2.75) is 26.7 Å². The number of hydrogen-bond donors (Lipinski definition) is 1. The molecule has 0 radical (unpaired) electrons. The van der Waals surface area contributed by atoms with Gasteiger partial charge in [-0.1, -0.05) is 36.8 Å². The molecular formula is C23H25N3O3. The molecule has 1 N–H and O–H groups in total. The monoisotopic (exact) mass is 391 g/mol. The molecule has 0 aliphatic heterocycles. The Morgan fingerprint density at radius 2 is 1.76 bits per heavy atom. The third-order valence-corrected chi connectivity index (χ3v) is 4.80. The standard InChI is InChI=1S/C23H25N3O3/c1-4-21-20(15-25-26(21)19-11-5-16(2)6-12-19)22(27)24-14-13-17-7-9-18(10-8-17)23(28)29-3/h5-12,15H,4,13-14H2,1-3H3,(H,24,27). The smallest absolute Gasteiger partial charge is 0.337 e. The van der Waals surface area contributed by atoms with Gasteiger partial charge in [-0.2, -0.15) is 5.10 Å². The molecule has 0 saturated carbocycles. The van der Waals surface area contributed by atoms with Gasteiger partial charge < -0.3 is 10.1 Å². The van der Waals surface area contributed by atoms with Gasteiger partial charge in [-0.3, -0.25) is 4.79 Å². The lowest BCUT2D eigenvalue weighted by Gasteiger charge is -2.09. The van der Waals surface area contributed by atoms with Crippen LogP contribution in [-0.2, 0) is 17.6 Å². The molecule has 29 heavy (non-hydrogen) atoms. The lowest BCUT2D eigenvalue weighted by Crippen LogP contribution is -2.26. The Morgan fingerprint density at radius 1 is 1.07 bits per heavy atom. The molecule has 0 unspecified atom stereocenters. The van der Waals surface area contributed by atoms with Crippen LogP contribution in [0.25, 0.3) is 5.69 Å². The topological polar surface area (TPSA) is 73.2 Å². The van der Waals surface area contributed by atoms with Crippen molar-refractivity contribution in [3.05, 3.63) is 82.7 Å².